The van der Waals surface area contributed by atoms with Crippen LogP contribution in [0.25, 0.3) is 0 Å². The van der Waals surface area contributed by atoms with E-state index in [-0.39, 0.29) is 0 Å². The van der Waals surface area contributed by atoms with E-state index >= 15 is 0 Å². The maximum Gasteiger partial charge on any atom is 0.157 e. The number of amidine groups is 1. The third kappa shape index (κ3) is 6.13. The highest BCUT2D eigenvalue weighted by molar-refractivity contribution is 8.14. The topological polar surface area (TPSA) is 24.4 Å². The zero-order chi connectivity index (χ0) is 14.9. The van der Waals surface area contributed by atoms with Gasteiger partial charge in [-0.3, -0.25) is 4.99 Å². The fourth-order valence-corrected chi connectivity index (χ4v) is 3.56. The summed E-state index contributed by atoms with van der Waals surface area (Å²) in [7, 11) is 0. The second kappa shape index (κ2) is 9.14. The molecular formula is C18H28N2S. The van der Waals surface area contributed by atoms with E-state index in [0.29, 0.717) is 6.04 Å². The SMILES string of the molecule is CC(C)CCCCCCN=C1NC(c2ccccc2)CS1. The standard InChI is InChI=1S/C18H28N2S/c1-15(2)10-6-3-4-9-13-19-18-20-17(14-21-18)16-11-7-5-8-12-16/h5,7-8,11-12,15,17H,3-4,6,9-10,13-14H2,1-2H3,(H,19,20). The highest BCUT2D eigenvalue weighted by Gasteiger charge is 2.21. The van der Waals surface area contributed by atoms with Gasteiger partial charge in [-0.15, -0.1) is 0 Å². The summed E-state index contributed by atoms with van der Waals surface area (Å²) in [5.74, 6) is 1.94. The molecule has 1 unspecified atom stereocenters. The molecule has 1 atom stereocenters. The van der Waals surface area contributed by atoms with E-state index < -0.39 is 0 Å². The summed E-state index contributed by atoms with van der Waals surface area (Å²) >= 11 is 1.86. The Morgan fingerprint density at radius 3 is 2.67 bits per heavy atom. The van der Waals surface area contributed by atoms with Crippen LogP contribution in [0.3, 0.4) is 0 Å². The van der Waals surface area contributed by atoms with Gasteiger partial charge in [0, 0.05) is 12.3 Å². The van der Waals surface area contributed by atoms with Crippen LogP contribution in [-0.4, -0.2) is 17.5 Å². The predicted octanol–water partition coefficient (Wildman–Crippen LogP) is 5.03. The minimum absolute atomic E-state index is 0.431. The summed E-state index contributed by atoms with van der Waals surface area (Å²) in [6, 6.07) is 11.1. The fourth-order valence-electron chi connectivity index (χ4n) is 2.55. The Kier molecular flexibility index (Phi) is 7.14. The van der Waals surface area contributed by atoms with E-state index in [0.717, 1.165) is 23.4 Å². The number of hydrogen-bond donors (Lipinski definition) is 1. The maximum atomic E-state index is 4.70. The van der Waals surface area contributed by atoms with Crippen molar-refractivity contribution in [2.24, 2.45) is 10.9 Å². The van der Waals surface area contributed by atoms with Crippen LogP contribution in [0.1, 0.15) is 57.6 Å². The molecule has 2 rings (SSSR count). The van der Waals surface area contributed by atoms with Gasteiger partial charge in [0.2, 0.25) is 0 Å². The molecule has 1 fully saturated rings. The Labute approximate surface area is 133 Å². The smallest absolute Gasteiger partial charge is 0.157 e. The first-order valence-electron chi connectivity index (χ1n) is 8.24. The first-order chi connectivity index (χ1) is 10.3. The van der Waals surface area contributed by atoms with Crippen LogP contribution in [0, 0.1) is 5.92 Å². The largest absolute Gasteiger partial charge is 0.357 e. The zero-order valence-corrected chi connectivity index (χ0v) is 14.2. The highest BCUT2D eigenvalue weighted by Crippen LogP contribution is 2.25. The average Bonchev–Trinajstić information content (AvgIpc) is 2.96. The lowest BCUT2D eigenvalue weighted by atomic mass is 10.0. The molecule has 3 heteroatoms. The van der Waals surface area contributed by atoms with Crippen LogP contribution < -0.4 is 5.32 Å². The van der Waals surface area contributed by atoms with Crippen molar-refractivity contribution >= 4 is 16.9 Å². The van der Waals surface area contributed by atoms with Crippen LogP contribution in [0.5, 0.6) is 0 Å². The van der Waals surface area contributed by atoms with E-state index in [1.54, 1.807) is 0 Å². The van der Waals surface area contributed by atoms with E-state index in [9.17, 15) is 0 Å². The monoisotopic (exact) mass is 304 g/mol. The Hall–Kier alpha value is -0.960. The van der Waals surface area contributed by atoms with Gasteiger partial charge in [-0.1, -0.05) is 81.6 Å². The van der Waals surface area contributed by atoms with Gasteiger partial charge in [-0.05, 0) is 17.9 Å². The summed E-state index contributed by atoms with van der Waals surface area (Å²) in [6.45, 7) is 5.58. The molecule has 0 bridgehead atoms. The molecule has 0 aliphatic carbocycles. The summed E-state index contributed by atoms with van der Waals surface area (Å²) in [6.07, 6.45) is 6.63. The lowest BCUT2D eigenvalue weighted by Crippen LogP contribution is -2.19. The molecule has 0 radical (unpaired) electrons. The molecule has 116 valence electrons. The second-order valence-corrected chi connectivity index (χ2v) is 7.21. The summed E-state index contributed by atoms with van der Waals surface area (Å²) in [5.41, 5.74) is 1.36. The van der Waals surface area contributed by atoms with Gasteiger partial charge >= 0.3 is 0 Å². The fraction of sp³-hybridized carbons (Fsp3) is 0.611. The van der Waals surface area contributed by atoms with Crippen LogP contribution in [-0.2, 0) is 0 Å². The molecule has 0 spiro atoms. The number of nitrogens with zero attached hydrogens (tertiary/aromatic N) is 1. The molecule has 0 amide bonds. The van der Waals surface area contributed by atoms with Crippen LogP contribution >= 0.6 is 11.8 Å². The third-order valence-corrected chi connectivity index (χ3v) is 4.85. The molecule has 1 aromatic carbocycles. The van der Waals surface area contributed by atoms with Gasteiger partial charge in [0.1, 0.15) is 0 Å². The molecule has 2 nitrogen and oxygen atoms in total. The Balaban J connectivity index is 1.61. The van der Waals surface area contributed by atoms with E-state index in [1.165, 1.54) is 37.7 Å². The van der Waals surface area contributed by atoms with Crippen molar-refractivity contribution in [1.82, 2.24) is 5.32 Å². The van der Waals surface area contributed by atoms with Crippen LogP contribution in [0.15, 0.2) is 35.3 Å². The lowest BCUT2D eigenvalue weighted by Gasteiger charge is -2.09. The summed E-state index contributed by atoms with van der Waals surface area (Å²) in [5, 5.41) is 4.67. The van der Waals surface area contributed by atoms with Crippen molar-refractivity contribution in [3.63, 3.8) is 0 Å². The number of benzene rings is 1. The molecule has 21 heavy (non-hydrogen) atoms. The molecule has 0 aromatic heterocycles. The number of unbranched alkanes of at least 4 members (excludes halogenated alkanes) is 3. The van der Waals surface area contributed by atoms with Crippen LogP contribution in [0.4, 0.5) is 0 Å². The van der Waals surface area contributed by atoms with Gasteiger partial charge in [0.05, 0.1) is 6.04 Å². The first-order valence-corrected chi connectivity index (χ1v) is 9.23. The molecule has 1 aliphatic rings. The zero-order valence-electron chi connectivity index (χ0n) is 13.3. The van der Waals surface area contributed by atoms with E-state index in [1.807, 2.05) is 11.8 Å². The average molecular weight is 305 g/mol. The number of thioether (sulfide) groups is 1. The molecular weight excluding hydrogens is 276 g/mol. The normalized spacial score (nSPS) is 20.1. The van der Waals surface area contributed by atoms with Crippen molar-refractivity contribution in [3.8, 4) is 0 Å². The van der Waals surface area contributed by atoms with Crippen molar-refractivity contribution in [2.75, 3.05) is 12.3 Å². The second-order valence-electron chi connectivity index (χ2n) is 6.20. The van der Waals surface area contributed by atoms with Crippen molar-refractivity contribution in [2.45, 2.75) is 52.0 Å². The minimum atomic E-state index is 0.431. The van der Waals surface area contributed by atoms with Crippen molar-refractivity contribution in [1.29, 1.82) is 0 Å². The molecule has 1 aromatic rings. The van der Waals surface area contributed by atoms with E-state index in [4.69, 9.17) is 4.99 Å². The molecule has 1 heterocycles. The lowest BCUT2D eigenvalue weighted by molar-refractivity contribution is 0.521. The van der Waals surface area contributed by atoms with Gasteiger partial charge in [-0.25, -0.2) is 0 Å². The molecule has 0 saturated carbocycles. The maximum absolute atomic E-state index is 4.70. The molecule has 1 N–H and O–H groups in total. The quantitative estimate of drug-likeness (QED) is 0.681. The van der Waals surface area contributed by atoms with Gasteiger partial charge < -0.3 is 5.32 Å². The Morgan fingerprint density at radius 1 is 1.14 bits per heavy atom. The predicted molar refractivity (Wildman–Crippen MR) is 95.0 cm³/mol. The number of hydrogen-bond acceptors (Lipinski definition) is 2. The first kappa shape index (κ1) is 16.4. The van der Waals surface area contributed by atoms with Crippen LogP contribution in [0.2, 0.25) is 0 Å². The summed E-state index contributed by atoms with van der Waals surface area (Å²) < 4.78 is 0. The molecule has 1 saturated heterocycles. The van der Waals surface area contributed by atoms with Gasteiger partial charge in [0.25, 0.3) is 0 Å². The number of aliphatic imine (C=N–C) groups is 1. The van der Waals surface area contributed by atoms with Gasteiger partial charge in [0.15, 0.2) is 5.17 Å². The summed E-state index contributed by atoms with van der Waals surface area (Å²) in [4.78, 5) is 4.70. The van der Waals surface area contributed by atoms with E-state index in [2.05, 4.69) is 49.5 Å². The van der Waals surface area contributed by atoms with Crippen molar-refractivity contribution in [3.05, 3.63) is 35.9 Å². The Morgan fingerprint density at radius 2 is 1.90 bits per heavy atom. The number of rotatable bonds is 8. The van der Waals surface area contributed by atoms with Crippen molar-refractivity contribution < 1.29 is 0 Å². The Bertz CT molecular complexity index is 428. The van der Waals surface area contributed by atoms with Gasteiger partial charge in [-0.2, -0.15) is 0 Å². The minimum Gasteiger partial charge on any atom is -0.357 e. The number of nitrogens with one attached hydrogen (secondary N) is 1. The molecule has 1 aliphatic heterocycles. The highest BCUT2D eigenvalue weighted by atomic mass is 32.2. The third-order valence-electron chi connectivity index (χ3n) is 3.83.